The quantitative estimate of drug-likeness (QED) is 0.625. The number of ether oxygens (including phenoxy) is 2. The Kier molecular flexibility index (Phi) is 5.37. The Morgan fingerprint density at radius 2 is 1.81 bits per heavy atom. The molecule has 0 aliphatic heterocycles. The zero-order valence-corrected chi connectivity index (χ0v) is 14.8. The Hall–Kier alpha value is -3.08. The van der Waals surface area contributed by atoms with Gasteiger partial charge in [0.15, 0.2) is 12.4 Å². The zero-order valence-electron chi connectivity index (χ0n) is 14.8. The molecule has 0 spiro atoms. The molecule has 0 unspecified atom stereocenters. The number of para-hydroxylation sites is 1. The first-order valence-corrected chi connectivity index (χ1v) is 8.51. The lowest BCUT2D eigenvalue weighted by Gasteiger charge is -2.11. The van der Waals surface area contributed by atoms with Crippen LogP contribution in [0.4, 0.5) is 0 Å². The molecule has 134 valence electrons. The first-order valence-electron chi connectivity index (χ1n) is 8.51. The number of rotatable bonds is 6. The molecule has 5 nitrogen and oxygen atoms in total. The molecule has 0 saturated carbocycles. The average molecular weight is 352 g/mol. The maximum Gasteiger partial charge on any atom is 0.344 e. The van der Waals surface area contributed by atoms with E-state index < -0.39 is 5.97 Å². The Bertz CT molecular complexity index is 970. The average Bonchev–Trinajstić information content (AvgIpc) is 2.66. The molecule has 1 heterocycles. The number of fused-ring (bicyclic) bond motifs is 1. The van der Waals surface area contributed by atoms with E-state index in [9.17, 15) is 9.59 Å². The van der Waals surface area contributed by atoms with Gasteiger partial charge in [0.05, 0.1) is 12.0 Å². The van der Waals surface area contributed by atoms with Crippen molar-refractivity contribution < 1.29 is 18.7 Å². The third kappa shape index (κ3) is 3.77. The second kappa shape index (κ2) is 7.87. The van der Waals surface area contributed by atoms with Gasteiger partial charge in [0.25, 0.3) is 0 Å². The highest BCUT2D eigenvalue weighted by Crippen LogP contribution is 2.31. The van der Waals surface area contributed by atoms with Crippen molar-refractivity contribution in [3.8, 4) is 17.1 Å². The van der Waals surface area contributed by atoms with E-state index in [1.54, 1.807) is 24.3 Å². The van der Waals surface area contributed by atoms with Crippen molar-refractivity contribution in [1.29, 1.82) is 0 Å². The molecule has 1 aromatic heterocycles. The molecule has 0 N–H and O–H groups in total. The second-order valence-corrected chi connectivity index (χ2v) is 5.96. The van der Waals surface area contributed by atoms with E-state index in [2.05, 4.69) is 0 Å². The highest BCUT2D eigenvalue weighted by atomic mass is 16.6. The van der Waals surface area contributed by atoms with Crippen molar-refractivity contribution in [2.75, 3.05) is 13.2 Å². The first-order chi connectivity index (χ1) is 12.6. The summed E-state index contributed by atoms with van der Waals surface area (Å²) in [4.78, 5) is 24.6. The summed E-state index contributed by atoms with van der Waals surface area (Å²) >= 11 is 0. The minimum absolute atomic E-state index is 0.0148. The van der Waals surface area contributed by atoms with Crippen molar-refractivity contribution in [3.05, 3.63) is 64.3 Å². The van der Waals surface area contributed by atoms with Gasteiger partial charge in [0, 0.05) is 5.56 Å². The van der Waals surface area contributed by atoms with Gasteiger partial charge in [-0.3, -0.25) is 4.79 Å². The molecule has 0 bridgehead atoms. The number of hydrogen-bond acceptors (Lipinski definition) is 5. The van der Waals surface area contributed by atoms with Crippen molar-refractivity contribution in [1.82, 2.24) is 0 Å². The molecule has 0 radical (unpaired) electrons. The van der Waals surface area contributed by atoms with Gasteiger partial charge in [0.1, 0.15) is 5.58 Å². The molecule has 3 rings (SSSR count). The smallest absolute Gasteiger partial charge is 0.344 e. The minimum Gasteiger partial charge on any atom is -0.474 e. The van der Waals surface area contributed by atoms with Crippen molar-refractivity contribution >= 4 is 16.9 Å². The number of benzene rings is 2. The van der Waals surface area contributed by atoms with Gasteiger partial charge in [-0.25, -0.2) is 4.79 Å². The highest BCUT2D eigenvalue weighted by Gasteiger charge is 2.19. The number of carbonyl (C=O) groups excluding carboxylic acids is 1. The molecule has 0 fully saturated rings. The summed E-state index contributed by atoms with van der Waals surface area (Å²) in [6.07, 6.45) is 0.721. The largest absolute Gasteiger partial charge is 0.474 e. The van der Waals surface area contributed by atoms with Crippen LogP contribution in [0.15, 0.2) is 57.7 Å². The van der Waals surface area contributed by atoms with Crippen LogP contribution in [0.25, 0.3) is 22.3 Å². The van der Waals surface area contributed by atoms with Crippen LogP contribution in [0, 0.1) is 6.92 Å². The summed E-state index contributed by atoms with van der Waals surface area (Å²) in [5.74, 6) is -0.202. The standard InChI is InChI=1S/C21H20O5/c1-3-12-24-18(22)13-25-21-19(23)16-6-4-5-7-17(16)26-20(21)15-10-8-14(2)9-11-15/h4-11H,3,12-13H2,1-2H3. The van der Waals surface area contributed by atoms with Crippen LogP contribution in [0.5, 0.6) is 5.75 Å². The van der Waals surface area contributed by atoms with E-state index >= 15 is 0 Å². The fourth-order valence-corrected chi connectivity index (χ4v) is 2.54. The van der Waals surface area contributed by atoms with E-state index in [-0.39, 0.29) is 17.8 Å². The van der Waals surface area contributed by atoms with Gasteiger partial charge in [-0.05, 0) is 25.5 Å². The van der Waals surface area contributed by atoms with Crippen LogP contribution in [0.2, 0.25) is 0 Å². The third-order valence-corrected chi connectivity index (χ3v) is 3.87. The monoisotopic (exact) mass is 352 g/mol. The molecule has 0 amide bonds. The van der Waals surface area contributed by atoms with Crippen LogP contribution in [0.1, 0.15) is 18.9 Å². The lowest BCUT2D eigenvalue weighted by Crippen LogP contribution is -2.19. The third-order valence-electron chi connectivity index (χ3n) is 3.87. The van der Waals surface area contributed by atoms with Gasteiger partial charge in [0.2, 0.25) is 11.2 Å². The molecule has 26 heavy (non-hydrogen) atoms. The summed E-state index contributed by atoms with van der Waals surface area (Å²) in [6, 6.07) is 14.5. The maximum atomic E-state index is 12.9. The molecule has 2 aromatic carbocycles. The van der Waals surface area contributed by atoms with Crippen LogP contribution < -0.4 is 10.2 Å². The Morgan fingerprint density at radius 1 is 1.08 bits per heavy atom. The predicted octanol–water partition coefficient (Wildman–Crippen LogP) is 4.10. The van der Waals surface area contributed by atoms with E-state index in [1.807, 2.05) is 38.1 Å². The number of aryl methyl sites for hydroxylation is 1. The molecule has 5 heteroatoms. The van der Waals surface area contributed by atoms with Gasteiger partial charge >= 0.3 is 5.97 Å². The molecule has 0 atom stereocenters. The van der Waals surface area contributed by atoms with Crippen LogP contribution in [-0.4, -0.2) is 19.2 Å². The number of hydrogen-bond donors (Lipinski definition) is 0. The summed E-state index contributed by atoms with van der Waals surface area (Å²) in [5, 5.41) is 0.403. The minimum atomic E-state index is -0.519. The van der Waals surface area contributed by atoms with Crippen LogP contribution in [-0.2, 0) is 9.53 Å². The van der Waals surface area contributed by atoms with E-state index in [0.29, 0.717) is 28.9 Å². The van der Waals surface area contributed by atoms with Gasteiger partial charge < -0.3 is 13.9 Å². The lowest BCUT2D eigenvalue weighted by atomic mass is 10.1. The van der Waals surface area contributed by atoms with Crippen molar-refractivity contribution in [3.63, 3.8) is 0 Å². The predicted molar refractivity (Wildman–Crippen MR) is 99.4 cm³/mol. The number of esters is 1. The van der Waals surface area contributed by atoms with Crippen LogP contribution in [0.3, 0.4) is 0 Å². The SMILES string of the molecule is CCCOC(=O)COc1c(-c2ccc(C)cc2)oc2ccccc2c1=O. The van der Waals surface area contributed by atoms with Crippen molar-refractivity contribution in [2.24, 2.45) is 0 Å². The summed E-state index contributed by atoms with van der Waals surface area (Å²) in [7, 11) is 0. The lowest BCUT2D eigenvalue weighted by molar-refractivity contribution is -0.146. The molecule has 0 aliphatic rings. The van der Waals surface area contributed by atoms with E-state index in [1.165, 1.54) is 0 Å². The Balaban J connectivity index is 2.04. The van der Waals surface area contributed by atoms with Gasteiger partial charge in [-0.15, -0.1) is 0 Å². The fraction of sp³-hybridized carbons (Fsp3) is 0.238. The van der Waals surface area contributed by atoms with Crippen molar-refractivity contribution in [2.45, 2.75) is 20.3 Å². The van der Waals surface area contributed by atoms with Gasteiger partial charge in [-0.2, -0.15) is 0 Å². The second-order valence-electron chi connectivity index (χ2n) is 5.96. The molecule has 3 aromatic rings. The maximum absolute atomic E-state index is 12.9. The Labute approximate surface area is 151 Å². The molecule has 0 aliphatic carbocycles. The summed E-state index contributed by atoms with van der Waals surface area (Å²) < 4.78 is 16.5. The number of carbonyl (C=O) groups is 1. The zero-order chi connectivity index (χ0) is 18.5. The summed E-state index contributed by atoms with van der Waals surface area (Å²) in [5.41, 5.74) is 1.94. The normalized spacial score (nSPS) is 10.7. The Morgan fingerprint density at radius 3 is 2.54 bits per heavy atom. The van der Waals surface area contributed by atoms with E-state index in [0.717, 1.165) is 12.0 Å². The molecular formula is C21H20O5. The topological polar surface area (TPSA) is 65.7 Å². The fourth-order valence-electron chi connectivity index (χ4n) is 2.54. The van der Waals surface area contributed by atoms with E-state index in [4.69, 9.17) is 13.9 Å². The first kappa shape index (κ1) is 17.7. The molecular weight excluding hydrogens is 332 g/mol. The van der Waals surface area contributed by atoms with Crippen LogP contribution >= 0.6 is 0 Å². The highest BCUT2D eigenvalue weighted by molar-refractivity contribution is 5.82. The molecule has 0 saturated heterocycles. The summed E-state index contributed by atoms with van der Waals surface area (Å²) in [6.45, 7) is 3.85. The van der Waals surface area contributed by atoms with Gasteiger partial charge in [-0.1, -0.05) is 48.9 Å².